The molecule has 0 spiro atoms. The molecule has 1 atom stereocenters. The number of hydrogen-bond acceptors (Lipinski definition) is 4. The largest absolute Gasteiger partial charge is 0.338 e. The number of likely N-dealkylation sites (N-methyl/N-ethyl adjacent to an activating group) is 2. The summed E-state index contributed by atoms with van der Waals surface area (Å²) in [5.41, 5.74) is 7.61. The van der Waals surface area contributed by atoms with Crippen LogP contribution < -0.4 is 5.73 Å². The smallest absolute Gasteiger partial charge is 0.253 e. The van der Waals surface area contributed by atoms with Gasteiger partial charge in [0.1, 0.15) is 0 Å². The van der Waals surface area contributed by atoms with Gasteiger partial charge in [-0.15, -0.1) is 0 Å². The number of nitrogens with zero attached hydrogens (tertiary/aromatic N) is 3. The van der Waals surface area contributed by atoms with E-state index < -0.39 is 0 Å². The van der Waals surface area contributed by atoms with Gasteiger partial charge in [-0.05, 0) is 31.7 Å². The lowest BCUT2D eigenvalue weighted by Gasteiger charge is -2.32. The molecule has 1 fully saturated rings. The van der Waals surface area contributed by atoms with E-state index >= 15 is 0 Å². The first-order valence-electron chi connectivity index (χ1n) is 7.98. The fourth-order valence-electron chi connectivity index (χ4n) is 2.58. The van der Waals surface area contributed by atoms with E-state index in [0.29, 0.717) is 6.54 Å². The Morgan fingerprint density at radius 3 is 2.36 bits per heavy atom. The zero-order chi connectivity index (χ0) is 16.1. The van der Waals surface area contributed by atoms with Gasteiger partial charge in [-0.3, -0.25) is 9.69 Å². The van der Waals surface area contributed by atoms with Crippen molar-refractivity contribution in [1.29, 1.82) is 0 Å². The van der Waals surface area contributed by atoms with Crippen molar-refractivity contribution < 1.29 is 4.79 Å². The third-order valence-corrected chi connectivity index (χ3v) is 4.53. The van der Waals surface area contributed by atoms with Gasteiger partial charge in [0.15, 0.2) is 0 Å². The lowest BCUT2D eigenvalue weighted by atomic mass is 10.1. The number of nitrogens with two attached hydrogens (primary N) is 1. The lowest BCUT2D eigenvalue weighted by molar-refractivity contribution is 0.0748. The van der Waals surface area contributed by atoms with E-state index in [-0.39, 0.29) is 11.9 Å². The molecular formula is C17H28N4O. The number of hydrogen-bond donors (Lipinski definition) is 1. The van der Waals surface area contributed by atoms with Crippen molar-refractivity contribution in [3.05, 3.63) is 35.4 Å². The molecule has 122 valence electrons. The van der Waals surface area contributed by atoms with Crippen molar-refractivity contribution in [2.45, 2.75) is 19.5 Å². The van der Waals surface area contributed by atoms with E-state index in [1.54, 1.807) is 11.9 Å². The molecule has 5 heteroatoms. The fraction of sp³-hybridized carbons (Fsp3) is 0.588. The molecule has 0 bridgehead atoms. The Kier molecular flexibility index (Phi) is 5.94. The second-order valence-corrected chi connectivity index (χ2v) is 6.28. The van der Waals surface area contributed by atoms with Crippen molar-refractivity contribution in [1.82, 2.24) is 14.7 Å². The summed E-state index contributed by atoms with van der Waals surface area (Å²) in [6, 6.07) is 8.03. The molecule has 1 aliphatic rings. The van der Waals surface area contributed by atoms with E-state index in [9.17, 15) is 4.79 Å². The van der Waals surface area contributed by atoms with Gasteiger partial charge in [0.2, 0.25) is 0 Å². The summed E-state index contributed by atoms with van der Waals surface area (Å²) in [7, 11) is 3.97. The zero-order valence-corrected chi connectivity index (χ0v) is 14.0. The van der Waals surface area contributed by atoms with Crippen molar-refractivity contribution in [3.8, 4) is 0 Å². The number of carbonyl (C=O) groups is 1. The number of piperazine rings is 1. The summed E-state index contributed by atoms with van der Waals surface area (Å²) in [6.45, 7) is 7.85. The highest BCUT2D eigenvalue weighted by atomic mass is 16.2. The third-order valence-electron chi connectivity index (χ3n) is 4.53. The minimum Gasteiger partial charge on any atom is -0.338 e. The van der Waals surface area contributed by atoms with Crippen LogP contribution in [0.25, 0.3) is 0 Å². The first-order valence-corrected chi connectivity index (χ1v) is 7.98. The molecule has 1 saturated heterocycles. The van der Waals surface area contributed by atoms with E-state index in [1.807, 2.05) is 19.1 Å². The summed E-state index contributed by atoms with van der Waals surface area (Å²) in [5.74, 6) is 0.0316. The molecule has 5 nitrogen and oxygen atoms in total. The van der Waals surface area contributed by atoms with Crippen LogP contribution in [0.5, 0.6) is 0 Å². The number of rotatable bonds is 5. The van der Waals surface area contributed by atoms with Gasteiger partial charge >= 0.3 is 0 Å². The van der Waals surface area contributed by atoms with E-state index in [1.165, 1.54) is 5.56 Å². The van der Waals surface area contributed by atoms with Gasteiger partial charge in [0, 0.05) is 57.9 Å². The van der Waals surface area contributed by atoms with Crippen LogP contribution in [0, 0.1) is 0 Å². The monoisotopic (exact) mass is 304 g/mol. The predicted octanol–water partition coefficient (Wildman–Crippen LogP) is 0.853. The molecule has 1 aromatic carbocycles. The number of benzene rings is 1. The fourth-order valence-corrected chi connectivity index (χ4v) is 2.58. The van der Waals surface area contributed by atoms with Crippen molar-refractivity contribution in [3.63, 3.8) is 0 Å². The average Bonchev–Trinajstić information content (AvgIpc) is 2.55. The van der Waals surface area contributed by atoms with Crippen LogP contribution in [0.1, 0.15) is 22.8 Å². The predicted molar refractivity (Wildman–Crippen MR) is 89.8 cm³/mol. The molecule has 0 aliphatic carbocycles. The summed E-state index contributed by atoms with van der Waals surface area (Å²) in [4.78, 5) is 18.9. The Morgan fingerprint density at radius 1 is 1.23 bits per heavy atom. The van der Waals surface area contributed by atoms with Crippen LogP contribution in [-0.2, 0) is 6.54 Å². The van der Waals surface area contributed by atoms with Gasteiger partial charge in [0.05, 0.1) is 0 Å². The van der Waals surface area contributed by atoms with Gasteiger partial charge < -0.3 is 15.5 Å². The quantitative estimate of drug-likeness (QED) is 0.876. The molecule has 1 heterocycles. The lowest BCUT2D eigenvalue weighted by Crippen LogP contribution is -2.43. The average molecular weight is 304 g/mol. The first-order chi connectivity index (χ1) is 10.5. The van der Waals surface area contributed by atoms with Crippen LogP contribution >= 0.6 is 0 Å². The van der Waals surface area contributed by atoms with Gasteiger partial charge in [-0.2, -0.15) is 0 Å². The molecule has 1 aliphatic heterocycles. The highest BCUT2D eigenvalue weighted by molar-refractivity contribution is 5.94. The molecule has 1 aromatic rings. The van der Waals surface area contributed by atoms with E-state index in [4.69, 9.17) is 5.73 Å². The Morgan fingerprint density at radius 2 is 1.82 bits per heavy atom. The maximum atomic E-state index is 12.3. The molecule has 0 radical (unpaired) electrons. The Balaban J connectivity index is 1.94. The van der Waals surface area contributed by atoms with Crippen molar-refractivity contribution >= 4 is 5.91 Å². The summed E-state index contributed by atoms with van der Waals surface area (Å²) < 4.78 is 0. The minimum atomic E-state index is 0.0316. The van der Waals surface area contributed by atoms with Crippen LogP contribution in [-0.4, -0.2) is 73.5 Å². The highest BCUT2D eigenvalue weighted by Gasteiger charge is 2.17. The third kappa shape index (κ3) is 4.29. The second-order valence-electron chi connectivity index (χ2n) is 6.28. The number of amides is 1. The van der Waals surface area contributed by atoms with Crippen LogP contribution in [0.4, 0.5) is 0 Å². The van der Waals surface area contributed by atoms with Gasteiger partial charge in [0.25, 0.3) is 5.91 Å². The van der Waals surface area contributed by atoms with E-state index in [0.717, 1.165) is 38.3 Å². The second kappa shape index (κ2) is 7.72. The van der Waals surface area contributed by atoms with E-state index in [2.05, 4.69) is 29.0 Å². The topological polar surface area (TPSA) is 52.8 Å². The van der Waals surface area contributed by atoms with Crippen molar-refractivity contribution in [2.24, 2.45) is 5.73 Å². The summed E-state index contributed by atoms with van der Waals surface area (Å²) >= 11 is 0. The molecular weight excluding hydrogens is 276 g/mol. The first kappa shape index (κ1) is 16.9. The molecule has 2 rings (SSSR count). The standard InChI is InChI=1S/C17H28N4O/c1-14(12-18)20(3)17(22)16-6-4-15(5-7-16)13-21-10-8-19(2)9-11-21/h4-7,14H,8-13,18H2,1-3H3. The Bertz CT molecular complexity index is 480. The molecule has 0 saturated carbocycles. The van der Waals surface area contributed by atoms with Crippen LogP contribution in [0.15, 0.2) is 24.3 Å². The molecule has 0 aromatic heterocycles. The molecule has 22 heavy (non-hydrogen) atoms. The normalized spacial score (nSPS) is 18.2. The Hall–Kier alpha value is -1.43. The summed E-state index contributed by atoms with van der Waals surface area (Å²) in [5, 5.41) is 0. The Labute approximate surface area is 133 Å². The highest BCUT2D eigenvalue weighted by Crippen LogP contribution is 2.12. The minimum absolute atomic E-state index is 0.0316. The zero-order valence-electron chi connectivity index (χ0n) is 14.0. The van der Waals surface area contributed by atoms with Crippen LogP contribution in [0.2, 0.25) is 0 Å². The SMILES string of the molecule is CC(CN)N(C)C(=O)c1ccc(CN2CCN(C)CC2)cc1. The van der Waals surface area contributed by atoms with Crippen molar-refractivity contribution in [2.75, 3.05) is 46.8 Å². The number of carbonyl (C=O) groups excluding carboxylic acids is 1. The van der Waals surface area contributed by atoms with Gasteiger partial charge in [-0.25, -0.2) is 0 Å². The van der Waals surface area contributed by atoms with Crippen LogP contribution in [0.3, 0.4) is 0 Å². The molecule has 1 amide bonds. The van der Waals surface area contributed by atoms with Gasteiger partial charge in [-0.1, -0.05) is 12.1 Å². The maximum absolute atomic E-state index is 12.3. The molecule has 1 unspecified atom stereocenters. The maximum Gasteiger partial charge on any atom is 0.253 e. The molecule has 2 N–H and O–H groups in total. The summed E-state index contributed by atoms with van der Waals surface area (Å²) in [6.07, 6.45) is 0.